The molecule has 2 heterocycles. The average molecular weight is 902 g/mol. The number of hydrogen-bond acceptors (Lipinski definition) is 10. The minimum absolute atomic E-state index is 0. The SMILES string of the molecule is CC1(C)C(=CC=C2CCCC(C=CC3N(CCCS(=O)(=O)O)c4ccc(S(=O)(=O)O)cc4C3(C)C)=C2Cl)N(CCCS(=O)(=O)O)c2ccc(S(=O)(=O)O)cc21.[KH]. The van der Waals surface area contributed by atoms with Crippen molar-refractivity contribution in [3.8, 4) is 0 Å². The Labute approximate surface area is 377 Å². The zero-order valence-electron chi connectivity index (χ0n) is 30.7. The normalized spacial score (nSPS) is 21.2. The van der Waals surface area contributed by atoms with Crippen molar-refractivity contribution in [2.45, 2.75) is 86.5 Å². The van der Waals surface area contributed by atoms with Crippen molar-refractivity contribution in [1.82, 2.24) is 0 Å². The fourth-order valence-electron chi connectivity index (χ4n) is 7.72. The van der Waals surface area contributed by atoms with Gasteiger partial charge in [-0.25, -0.2) is 0 Å². The van der Waals surface area contributed by atoms with Gasteiger partial charge in [-0.15, -0.1) is 0 Å². The summed E-state index contributed by atoms with van der Waals surface area (Å²) in [7, 11) is -17.5. The second-order valence-corrected chi connectivity index (χ2v) is 21.4. The van der Waals surface area contributed by atoms with Crippen molar-refractivity contribution in [3.63, 3.8) is 0 Å². The monoisotopic (exact) mass is 900 g/mol. The van der Waals surface area contributed by atoms with Gasteiger partial charge in [0.15, 0.2) is 0 Å². The Morgan fingerprint density at radius 2 is 1.29 bits per heavy atom. The van der Waals surface area contributed by atoms with Crippen molar-refractivity contribution in [1.29, 1.82) is 0 Å². The van der Waals surface area contributed by atoms with E-state index in [1.54, 1.807) is 12.1 Å². The van der Waals surface area contributed by atoms with Gasteiger partial charge in [-0.05, 0) is 96.9 Å². The molecule has 3 aliphatic rings. The molecule has 1 aliphatic carbocycles. The van der Waals surface area contributed by atoms with Gasteiger partial charge in [-0.2, -0.15) is 33.7 Å². The van der Waals surface area contributed by atoms with Crippen LogP contribution in [-0.4, -0.2) is 134 Å². The molecule has 4 N–H and O–H groups in total. The van der Waals surface area contributed by atoms with E-state index in [9.17, 15) is 51.9 Å². The van der Waals surface area contributed by atoms with Gasteiger partial charge in [0.05, 0.1) is 27.3 Å². The van der Waals surface area contributed by atoms with E-state index in [4.69, 9.17) is 11.6 Å². The predicted molar refractivity (Wildman–Crippen MR) is 218 cm³/mol. The summed E-state index contributed by atoms with van der Waals surface area (Å²) in [5.74, 6) is -0.954. The van der Waals surface area contributed by atoms with Crippen molar-refractivity contribution in [2.24, 2.45) is 0 Å². The third kappa shape index (κ3) is 10.6. The summed E-state index contributed by atoms with van der Waals surface area (Å²) in [6.07, 6.45) is 9.72. The maximum atomic E-state index is 12.0. The molecule has 2 aromatic carbocycles. The Kier molecular flexibility index (Phi) is 14.6. The standard InChI is InChI=1S/C36H45ClN2O12S4.K.H/c1-35(2)28-22-26(54(46,47)48)12-14-30(28)38(18-6-20-52(40,41)42)32(35)16-10-24-8-5-9-25(34(24)37)11-17-33-36(3,4)29-23-27(55(49,50)51)13-15-31(29)39(33)19-7-21-53(43,44)45;;/h10-17,22-23,32H,5-9,18-21H2,1-4H3,(H,40,41,42)(H,43,44,45)(H,46,47,48)(H,49,50,51);;. The summed E-state index contributed by atoms with van der Waals surface area (Å²) >= 11 is 7.05. The Morgan fingerprint density at radius 3 is 1.84 bits per heavy atom. The molecule has 0 saturated carbocycles. The van der Waals surface area contributed by atoms with Gasteiger partial charge in [0.2, 0.25) is 0 Å². The van der Waals surface area contributed by atoms with Crippen LogP contribution in [0, 0.1) is 0 Å². The van der Waals surface area contributed by atoms with Crippen LogP contribution < -0.4 is 9.80 Å². The number of hydrogen-bond donors (Lipinski definition) is 4. The molecular weight excluding hydrogens is 855 g/mol. The fourth-order valence-corrected chi connectivity index (χ4v) is 10.0. The molecule has 56 heavy (non-hydrogen) atoms. The summed E-state index contributed by atoms with van der Waals surface area (Å²) in [6.45, 7) is 7.97. The van der Waals surface area contributed by atoms with E-state index in [1.165, 1.54) is 24.3 Å². The molecule has 304 valence electrons. The van der Waals surface area contributed by atoms with E-state index in [0.717, 1.165) is 17.6 Å². The van der Waals surface area contributed by atoms with Crippen LogP contribution in [0.1, 0.15) is 70.9 Å². The van der Waals surface area contributed by atoms with Crippen LogP contribution in [0.3, 0.4) is 0 Å². The third-order valence-electron chi connectivity index (χ3n) is 10.5. The Bertz CT molecular complexity index is 2460. The molecule has 0 spiro atoms. The molecular formula is C36H46ClKN2O12S4. The summed E-state index contributed by atoms with van der Waals surface area (Å²) < 4.78 is 132. The molecule has 20 heteroatoms. The number of benzene rings is 2. The molecule has 0 amide bonds. The Hall–Kier alpha value is -1.43. The van der Waals surface area contributed by atoms with Gasteiger partial charge in [0.25, 0.3) is 40.5 Å². The first kappa shape index (κ1) is 47.2. The van der Waals surface area contributed by atoms with E-state index in [0.29, 0.717) is 46.1 Å². The first-order valence-corrected chi connectivity index (χ1v) is 23.9. The van der Waals surface area contributed by atoms with Gasteiger partial charge >= 0.3 is 51.4 Å². The zero-order valence-corrected chi connectivity index (χ0v) is 34.7. The predicted octanol–water partition coefficient (Wildman–Crippen LogP) is 5.39. The Morgan fingerprint density at radius 1 is 0.750 bits per heavy atom. The summed E-state index contributed by atoms with van der Waals surface area (Å²) in [5.41, 5.74) is 3.32. The summed E-state index contributed by atoms with van der Waals surface area (Å²) in [6, 6.07) is 8.07. The van der Waals surface area contributed by atoms with Crippen LogP contribution in [-0.2, 0) is 51.3 Å². The van der Waals surface area contributed by atoms with Crippen LogP contribution in [0.15, 0.2) is 92.4 Å². The van der Waals surface area contributed by atoms with Gasteiger partial charge in [-0.3, -0.25) is 18.2 Å². The van der Waals surface area contributed by atoms with Crippen LogP contribution in [0.4, 0.5) is 11.4 Å². The molecule has 0 radical (unpaired) electrons. The molecule has 14 nitrogen and oxygen atoms in total. The maximum absolute atomic E-state index is 12.0. The molecule has 1 atom stereocenters. The van der Waals surface area contributed by atoms with Crippen molar-refractivity contribution >= 4 is 115 Å². The van der Waals surface area contributed by atoms with Gasteiger partial charge in [0, 0.05) is 46.0 Å². The topological polar surface area (TPSA) is 224 Å². The number of anilines is 2. The van der Waals surface area contributed by atoms with E-state index in [2.05, 4.69) is 0 Å². The quantitative estimate of drug-likeness (QED) is 0.146. The average Bonchev–Trinajstić information content (AvgIpc) is 3.39. The van der Waals surface area contributed by atoms with Crippen LogP contribution in [0.2, 0.25) is 0 Å². The molecule has 0 aromatic heterocycles. The summed E-state index contributed by atoms with van der Waals surface area (Å²) in [4.78, 5) is 3.24. The Balaban J connectivity index is 0.00000696. The third-order valence-corrected chi connectivity index (χ3v) is 14.3. The summed E-state index contributed by atoms with van der Waals surface area (Å²) in [5, 5.41) is 0.499. The second kappa shape index (κ2) is 17.3. The van der Waals surface area contributed by atoms with E-state index in [1.807, 2.05) is 61.8 Å². The van der Waals surface area contributed by atoms with Crippen molar-refractivity contribution in [2.75, 3.05) is 34.4 Å². The van der Waals surface area contributed by atoms with Crippen molar-refractivity contribution in [3.05, 3.63) is 93.7 Å². The number of allylic oxidation sites excluding steroid dienone is 7. The molecule has 2 aliphatic heterocycles. The van der Waals surface area contributed by atoms with Crippen LogP contribution in [0.5, 0.6) is 0 Å². The molecule has 0 bridgehead atoms. The molecule has 0 saturated heterocycles. The van der Waals surface area contributed by atoms with E-state index >= 15 is 0 Å². The second-order valence-electron chi connectivity index (χ2n) is 15.0. The molecule has 2 aromatic rings. The zero-order chi connectivity index (χ0) is 40.9. The van der Waals surface area contributed by atoms with Crippen LogP contribution in [0.25, 0.3) is 0 Å². The minimum atomic E-state index is -4.51. The fraction of sp³-hybridized carbons (Fsp3) is 0.444. The van der Waals surface area contributed by atoms with Crippen LogP contribution >= 0.6 is 11.6 Å². The van der Waals surface area contributed by atoms with E-state index < -0.39 is 68.9 Å². The van der Waals surface area contributed by atoms with Gasteiger partial charge < -0.3 is 9.80 Å². The number of nitrogens with zero attached hydrogens (tertiary/aromatic N) is 2. The molecule has 5 rings (SSSR count). The number of fused-ring (bicyclic) bond motifs is 2. The van der Waals surface area contributed by atoms with Gasteiger partial charge in [0.1, 0.15) is 0 Å². The number of halogens is 1. The molecule has 0 fully saturated rings. The molecule has 1 unspecified atom stereocenters. The van der Waals surface area contributed by atoms with Crippen molar-refractivity contribution < 1.29 is 51.9 Å². The first-order valence-electron chi connectivity index (χ1n) is 17.4. The van der Waals surface area contributed by atoms with E-state index in [-0.39, 0.29) is 87.1 Å². The number of rotatable bonds is 13. The first-order chi connectivity index (χ1) is 25.2. The van der Waals surface area contributed by atoms with Gasteiger partial charge in [-0.1, -0.05) is 57.5 Å².